The van der Waals surface area contributed by atoms with Crippen LogP contribution in [0.4, 0.5) is 8.78 Å². The van der Waals surface area contributed by atoms with Crippen LogP contribution in [-0.2, 0) is 11.3 Å². The predicted octanol–water partition coefficient (Wildman–Crippen LogP) is 2.64. The van der Waals surface area contributed by atoms with Gasteiger partial charge in [0.05, 0.1) is 19.8 Å². The SMILES string of the molecule is COc1cc(-c2noc(CN3CCN(CC4CCCO4)CC3)n2)ccc1OC(F)F. The van der Waals surface area contributed by atoms with E-state index < -0.39 is 6.61 Å². The lowest BCUT2D eigenvalue weighted by Gasteiger charge is -2.34. The molecule has 1 aromatic heterocycles. The van der Waals surface area contributed by atoms with Gasteiger partial charge in [-0.15, -0.1) is 0 Å². The molecule has 164 valence electrons. The normalized spacial score (nSPS) is 20.7. The van der Waals surface area contributed by atoms with Gasteiger partial charge in [0.25, 0.3) is 0 Å². The molecule has 0 saturated carbocycles. The molecule has 1 unspecified atom stereocenters. The van der Waals surface area contributed by atoms with E-state index in [0.29, 0.717) is 29.9 Å². The zero-order valence-corrected chi connectivity index (χ0v) is 16.9. The van der Waals surface area contributed by atoms with Gasteiger partial charge in [0.2, 0.25) is 11.7 Å². The molecule has 0 bridgehead atoms. The minimum absolute atomic E-state index is 0.0409. The summed E-state index contributed by atoms with van der Waals surface area (Å²) in [5, 5.41) is 4.02. The highest BCUT2D eigenvalue weighted by Crippen LogP contribution is 2.32. The van der Waals surface area contributed by atoms with Gasteiger partial charge in [-0.3, -0.25) is 9.80 Å². The topological polar surface area (TPSA) is 73.1 Å². The number of methoxy groups -OCH3 is 1. The van der Waals surface area contributed by atoms with Crippen LogP contribution < -0.4 is 9.47 Å². The first-order valence-corrected chi connectivity index (χ1v) is 10.1. The lowest BCUT2D eigenvalue weighted by Crippen LogP contribution is -2.48. The van der Waals surface area contributed by atoms with Crippen LogP contribution in [-0.4, -0.2) is 79.1 Å². The quantitative estimate of drug-likeness (QED) is 0.641. The molecule has 10 heteroatoms. The highest BCUT2D eigenvalue weighted by atomic mass is 19.3. The van der Waals surface area contributed by atoms with E-state index in [9.17, 15) is 8.78 Å². The number of hydrogen-bond donors (Lipinski definition) is 0. The predicted molar refractivity (Wildman–Crippen MR) is 104 cm³/mol. The van der Waals surface area contributed by atoms with Gasteiger partial charge in [-0.25, -0.2) is 0 Å². The standard InChI is InChI=1S/C20H26F2N4O4/c1-27-17-11-14(4-5-16(17)29-20(21)22)19-23-18(30-24-19)13-26-8-6-25(7-9-26)12-15-3-2-10-28-15/h4-5,11,15,20H,2-3,6-10,12-13H2,1H3. The third-order valence-electron chi connectivity index (χ3n) is 5.42. The van der Waals surface area contributed by atoms with Gasteiger partial charge in [-0.1, -0.05) is 5.16 Å². The maximum absolute atomic E-state index is 12.5. The van der Waals surface area contributed by atoms with Crippen molar-refractivity contribution in [3.05, 3.63) is 24.1 Å². The number of nitrogens with zero attached hydrogens (tertiary/aromatic N) is 4. The minimum Gasteiger partial charge on any atom is -0.493 e. The second-order valence-electron chi connectivity index (χ2n) is 7.47. The van der Waals surface area contributed by atoms with E-state index in [1.165, 1.54) is 13.2 Å². The first-order chi connectivity index (χ1) is 14.6. The monoisotopic (exact) mass is 424 g/mol. The Balaban J connectivity index is 1.32. The molecule has 0 spiro atoms. The van der Waals surface area contributed by atoms with Gasteiger partial charge >= 0.3 is 6.61 Å². The molecule has 2 fully saturated rings. The molecule has 2 saturated heterocycles. The summed E-state index contributed by atoms with van der Waals surface area (Å²) in [4.78, 5) is 9.17. The number of piperazine rings is 1. The fourth-order valence-electron chi connectivity index (χ4n) is 3.83. The van der Waals surface area contributed by atoms with Crippen LogP contribution in [0.2, 0.25) is 0 Å². The van der Waals surface area contributed by atoms with Gasteiger partial charge < -0.3 is 18.7 Å². The Kier molecular flexibility index (Phi) is 6.76. The maximum Gasteiger partial charge on any atom is 0.387 e. The van der Waals surface area contributed by atoms with Gasteiger partial charge in [0, 0.05) is 44.9 Å². The van der Waals surface area contributed by atoms with Gasteiger partial charge in [-0.2, -0.15) is 13.8 Å². The number of rotatable bonds is 8. The number of ether oxygens (including phenoxy) is 3. The van der Waals surface area contributed by atoms with Crippen molar-refractivity contribution in [2.75, 3.05) is 46.4 Å². The third-order valence-corrected chi connectivity index (χ3v) is 5.42. The molecule has 2 aliphatic heterocycles. The first kappa shape index (κ1) is 21.0. The van der Waals surface area contributed by atoms with E-state index in [4.69, 9.17) is 14.0 Å². The van der Waals surface area contributed by atoms with Crippen molar-refractivity contribution in [2.45, 2.75) is 32.1 Å². The number of halogens is 2. The maximum atomic E-state index is 12.5. The number of aromatic nitrogens is 2. The van der Waals surface area contributed by atoms with Crippen LogP contribution in [0.3, 0.4) is 0 Å². The molecule has 0 radical (unpaired) electrons. The Labute approximate surface area is 173 Å². The van der Waals surface area contributed by atoms with Crippen molar-refractivity contribution in [3.8, 4) is 22.9 Å². The van der Waals surface area contributed by atoms with Crippen LogP contribution in [0.5, 0.6) is 11.5 Å². The lowest BCUT2D eigenvalue weighted by molar-refractivity contribution is -0.0512. The van der Waals surface area contributed by atoms with Crippen LogP contribution in [0, 0.1) is 0 Å². The summed E-state index contributed by atoms with van der Waals surface area (Å²) in [5.41, 5.74) is 0.602. The van der Waals surface area contributed by atoms with Crippen LogP contribution in [0.25, 0.3) is 11.4 Å². The molecular weight excluding hydrogens is 398 g/mol. The molecule has 8 nitrogen and oxygen atoms in total. The first-order valence-electron chi connectivity index (χ1n) is 10.1. The molecule has 2 aromatic rings. The molecule has 2 aliphatic rings. The summed E-state index contributed by atoms with van der Waals surface area (Å²) in [6.07, 6.45) is 2.70. The number of benzene rings is 1. The van der Waals surface area contributed by atoms with Crippen molar-refractivity contribution < 1.29 is 27.5 Å². The average Bonchev–Trinajstić information content (AvgIpc) is 3.42. The zero-order valence-electron chi connectivity index (χ0n) is 16.9. The van der Waals surface area contributed by atoms with Gasteiger partial charge in [0.15, 0.2) is 11.5 Å². The second-order valence-corrected chi connectivity index (χ2v) is 7.47. The summed E-state index contributed by atoms with van der Waals surface area (Å²) < 4.78 is 45.6. The van der Waals surface area contributed by atoms with E-state index in [-0.39, 0.29) is 11.5 Å². The molecule has 0 amide bonds. The summed E-state index contributed by atoms with van der Waals surface area (Å²) >= 11 is 0. The average molecular weight is 424 g/mol. The van der Waals surface area contributed by atoms with Crippen molar-refractivity contribution >= 4 is 0 Å². The van der Waals surface area contributed by atoms with Crippen LogP contribution >= 0.6 is 0 Å². The molecule has 0 aliphatic carbocycles. The molecule has 30 heavy (non-hydrogen) atoms. The Morgan fingerprint density at radius 1 is 1.17 bits per heavy atom. The summed E-state index contributed by atoms with van der Waals surface area (Å²) in [6.45, 7) is 3.38. The van der Waals surface area contributed by atoms with Gasteiger partial charge in [0.1, 0.15) is 0 Å². The molecule has 4 rings (SSSR count). The van der Waals surface area contributed by atoms with Gasteiger partial charge in [-0.05, 0) is 31.0 Å². The lowest BCUT2D eigenvalue weighted by atomic mass is 10.2. The Morgan fingerprint density at radius 2 is 1.97 bits per heavy atom. The fourth-order valence-corrected chi connectivity index (χ4v) is 3.83. The van der Waals surface area contributed by atoms with Crippen molar-refractivity contribution in [2.24, 2.45) is 0 Å². The minimum atomic E-state index is -2.92. The Hall–Kier alpha value is -2.30. The Morgan fingerprint density at radius 3 is 2.67 bits per heavy atom. The largest absolute Gasteiger partial charge is 0.493 e. The zero-order chi connectivity index (χ0) is 20.9. The van der Waals surface area contributed by atoms with E-state index >= 15 is 0 Å². The van der Waals surface area contributed by atoms with Crippen molar-refractivity contribution in [1.82, 2.24) is 19.9 Å². The molecule has 0 N–H and O–H groups in total. The van der Waals surface area contributed by atoms with Crippen molar-refractivity contribution in [3.63, 3.8) is 0 Å². The fraction of sp³-hybridized carbons (Fsp3) is 0.600. The molecule has 3 heterocycles. The molecule has 1 aromatic carbocycles. The van der Waals surface area contributed by atoms with Crippen molar-refractivity contribution in [1.29, 1.82) is 0 Å². The summed E-state index contributed by atoms with van der Waals surface area (Å²) in [6, 6.07) is 4.55. The highest BCUT2D eigenvalue weighted by molar-refractivity contribution is 5.60. The van der Waals surface area contributed by atoms with E-state index in [1.54, 1.807) is 12.1 Å². The summed E-state index contributed by atoms with van der Waals surface area (Å²) in [7, 11) is 1.39. The van der Waals surface area contributed by atoms with E-state index in [2.05, 4.69) is 24.7 Å². The number of alkyl halides is 2. The second kappa shape index (κ2) is 9.67. The van der Waals surface area contributed by atoms with Crippen LogP contribution in [0.15, 0.2) is 22.7 Å². The number of hydrogen-bond acceptors (Lipinski definition) is 8. The Bertz CT molecular complexity index is 821. The summed E-state index contributed by atoms with van der Waals surface area (Å²) in [5.74, 6) is 1.04. The smallest absolute Gasteiger partial charge is 0.387 e. The highest BCUT2D eigenvalue weighted by Gasteiger charge is 2.24. The molecule has 1 atom stereocenters. The van der Waals surface area contributed by atoms with E-state index in [0.717, 1.165) is 52.2 Å². The van der Waals surface area contributed by atoms with Crippen LogP contribution in [0.1, 0.15) is 18.7 Å². The molecular formula is C20H26F2N4O4. The third kappa shape index (κ3) is 5.24. The van der Waals surface area contributed by atoms with E-state index in [1.807, 2.05) is 0 Å².